The molecule has 3 heterocycles. The van der Waals surface area contributed by atoms with Gasteiger partial charge in [-0.3, -0.25) is 9.59 Å². The van der Waals surface area contributed by atoms with Gasteiger partial charge < -0.3 is 29.7 Å². The number of allylic oxidation sites excluding steroid dienone is 2. The Kier molecular flexibility index (Phi) is 8.85. The normalized spacial score (nSPS) is 31.9. The maximum absolute atomic E-state index is 13.1. The summed E-state index contributed by atoms with van der Waals surface area (Å²) in [7, 11) is 0. The summed E-state index contributed by atoms with van der Waals surface area (Å²) in [6, 6.07) is 2.91. The van der Waals surface area contributed by atoms with Crippen molar-refractivity contribution in [2.45, 2.75) is 90.8 Å². The summed E-state index contributed by atoms with van der Waals surface area (Å²) in [5, 5.41) is 24.0. The Hall–Kier alpha value is -3.43. The van der Waals surface area contributed by atoms with Crippen LogP contribution in [-0.2, 0) is 23.9 Å². The van der Waals surface area contributed by atoms with Gasteiger partial charge in [-0.1, -0.05) is 37.6 Å². The molecular weight excluding hydrogens is 514 g/mol. The average molecular weight is 554 g/mol. The maximum Gasteiger partial charge on any atom is 0.334 e. The minimum atomic E-state index is -1.23. The molecular formula is C31H39NO8. The Morgan fingerprint density at radius 3 is 2.67 bits per heavy atom. The van der Waals surface area contributed by atoms with E-state index >= 15 is 0 Å². The van der Waals surface area contributed by atoms with Crippen molar-refractivity contribution in [3.63, 3.8) is 0 Å². The Morgan fingerprint density at radius 2 is 1.98 bits per heavy atom. The van der Waals surface area contributed by atoms with E-state index in [2.05, 4.69) is 5.32 Å². The molecule has 0 unspecified atom stereocenters. The van der Waals surface area contributed by atoms with E-state index in [9.17, 15) is 24.6 Å². The molecule has 0 radical (unpaired) electrons. The highest BCUT2D eigenvalue weighted by molar-refractivity contribution is 5.96. The summed E-state index contributed by atoms with van der Waals surface area (Å²) in [4.78, 5) is 38.8. The molecule has 3 aliphatic rings. The van der Waals surface area contributed by atoms with Gasteiger partial charge in [-0.2, -0.15) is 0 Å². The lowest BCUT2D eigenvalue weighted by atomic mass is 9.82. The van der Waals surface area contributed by atoms with Crippen LogP contribution in [0, 0.1) is 11.8 Å². The van der Waals surface area contributed by atoms with E-state index in [1.165, 1.54) is 18.2 Å². The van der Waals surface area contributed by atoms with Crippen LogP contribution in [-0.4, -0.2) is 45.9 Å². The van der Waals surface area contributed by atoms with Crippen LogP contribution < -0.4 is 10.1 Å². The van der Waals surface area contributed by atoms with Gasteiger partial charge in [-0.05, 0) is 51.7 Å². The van der Waals surface area contributed by atoms with Crippen molar-refractivity contribution in [3.8, 4) is 11.5 Å². The second-order valence-corrected chi connectivity index (χ2v) is 11.2. The molecule has 40 heavy (non-hydrogen) atoms. The lowest BCUT2D eigenvalue weighted by molar-refractivity contribution is -0.261. The van der Waals surface area contributed by atoms with E-state index in [1.54, 1.807) is 26.0 Å². The van der Waals surface area contributed by atoms with Crippen molar-refractivity contribution in [1.29, 1.82) is 0 Å². The predicted molar refractivity (Wildman–Crippen MR) is 149 cm³/mol. The number of cyclic esters (lactones) is 1. The van der Waals surface area contributed by atoms with Crippen molar-refractivity contribution in [3.05, 3.63) is 53.1 Å². The molecule has 9 nitrogen and oxygen atoms in total. The largest absolute Gasteiger partial charge is 0.508 e. The van der Waals surface area contributed by atoms with Crippen LogP contribution in [0.5, 0.6) is 11.5 Å². The summed E-state index contributed by atoms with van der Waals surface area (Å²) in [5.74, 6) is -2.46. The molecule has 0 aliphatic carbocycles. The van der Waals surface area contributed by atoms with Crippen molar-refractivity contribution < 1.29 is 38.8 Å². The number of aromatic hydroxyl groups is 1. The number of nitrogens with one attached hydrogen (secondary N) is 1. The van der Waals surface area contributed by atoms with Crippen LogP contribution in [0.15, 0.2) is 47.6 Å². The number of aliphatic hydroxyl groups is 1. The molecule has 1 saturated heterocycles. The number of carbonyl (C=O) groups excluding carboxylic acids is 3. The number of carbonyl (C=O) groups is 3. The highest BCUT2D eigenvalue weighted by Crippen LogP contribution is 2.53. The molecule has 1 spiro atoms. The molecule has 1 fully saturated rings. The molecule has 9 heteroatoms. The summed E-state index contributed by atoms with van der Waals surface area (Å²) in [6.45, 7) is 9.06. The van der Waals surface area contributed by atoms with E-state index < -0.39 is 41.9 Å². The summed E-state index contributed by atoms with van der Waals surface area (Å²) < 4.78 is 18.5. The van der Waals surface area contributed by atoms with E-state index in [0.29, 0.717) is 24.2 Å². The van der Waals surface area contributed by atoms with Gasteiger partial charge in [0.1, 0.15) is 29.8 Å². The van der Waals surface area contributed by atoms with E-state index in [4.69, 9.17) is 14.2 Å². The molecule has 216 valence electrons. The fourth-order valence-corrected chi connectivity index (χ4v) is 5.32. The van der Waals surface area contributed by atoms with Crippen molar-refractivity contribution in [2.24, 2.45) is 11.8 Å². The van der Waals surface area contributed by atoms with Gasteiger partial charge in [0, 0.05) is 36.0 Å². The molecule has 1 amide bonds. The van der Waals surface area contributed by atoms with E-state index in [-0.39, 0.29) is 41.6 Å². The predicted octanol–water partition coefficient (Wildman–Crippen LogP) is 5.04. The number of ketones is 1. The number of amides is 1. The molecule has 0 saturated carbocycles. The van der Waals surface area contributed by atoms with Gasteiger partial charge in [0.05, 0.1) is 12.1 Å². The third kappa shape index (κ3) is 6.47. The SMILES string of the molecule is CC[C@H]1/C=C/[C@@H]([C@@H](O)C=C(C)C)OC(=O)/C(C)=C/CC(=O)Nc2cc(O)cc3c2O[C@@]2(CC1)CC(=O)[C@@H](C)[C@@H]3O2. The first-order valence-corrected chi connectivity index (χ1v) is 13.9. The number of rotatable bonds is 3. The average Bonchev–Trinajstić information content (AvgIpc) is 2.89. The monoisotopic (exact) mass is 553 g/mol. The van der Waals surface area contributed by atoms with Gasteiger partial charge in [0.2, 0.25) is 11.7 Å². The molecule has 6 atom stereocenters. The number of benzene rings is 1. The van der Waals surface area contributed by atoms with Gasteiger partial charge in [-0.15, -0.1) is 0 Å². The molecule has 1 aromatic rings. The summed E-state index contributed by atoms with van der Waals surface area (Å²) in [5.41, 5.74) is 1.87. The molecule has 3 aliphatic heterocycles. The van der Waals surface area contributed by atoms with Crippen molar-refractivity contribution in [1.82, 2.24) is 0 Å². The first kappa shape index (κ1) is 29.6. The number of phenolic OH excluding ortho intramolecular Hbond substituents is 1. The number of anilines is 1. The first-order valence-electron chi connectivity index (χ1n) is 13.9. The van der Waals surface area contributed by atoms with Crippen molar-refractivity contribution >= 4 is 23.3 Å². The molecule has 3 bridgehead atoms. The number of fused-ring (bicyclic) bond motifs is 2. The first-order chi connectivity index (χ1) is 18.9. The van der Waals surface area contributed by atoms with Crippen LogP contribution in [0.4, 0.5) is 5.69 Å². The molecule has 3 N–H and O–H groups in total. The minimum absolute atomic E-state index is 0.00254. The number of ether oxygens (including phenoxy) is 3. The number of hydrogen-bond donors (Lipinski definition) is 3. The zero-order valence-electron chi connectivity index (χ0n) is 23.7. The lowest BCUT2D eigenvalue weighted by Gasteiger charge is -2.48. The quantitative estimate of drug-likeness (QED) is 0.351. The second-order valence-electron chi connectivity index (χ2n) is 11.2. The van der Waals surface area contributed by atoms with Crippen LogP contribution in [0.2, 0.25) is 0 Å². The Balaban J connectivity index is 1.76. The van der Waals surface area contributed by atoms with Gasteiger partial charge in [0.25, 0.3) is 0 Å². The Bertz CT molecular complexity index is 1260. The van der Waals surface area contributed by atoms with Crippen LogP contribution in [0.3, 0.4) is 0 Å². The van der Waals surface area contributed by atoms with Crippen LogP contribution in [0.25, 0.3) is 0 Å². The number of aliphatic hydroxyl groups excluding tert-OH is 1. The van der Waals surface area contributed by atoms with Gasteiger partial charge >= 0.3 is 5.97 Å². The van der Waals surface area contributed by atoms with Gasteiger partial charge in [0.15, 0.2) is 5.75 Å². The number of hydrogen-bond acceptors (Lipinski definition) is 8. The minimum Gasteiger partial charge on any atom is -0.508 e. The third-order valence-electron chi connectivity index (χ3n) is 7.71. The Morgan fingerprint density at radius 1 is 1.23 bits per heavy atom. The molecule has 1 aromatic carbocycles. The zero-order valence-corrected chi connectivity index (χ0v) is 23.7. The fraction of sp³-hybridized carbons (Fsp3) is 0.516. The molecule has 4 rings (SSSR count). The smallest absolute Gasteiger partial charge is 0.334 e. The van der Waals surface area contributed by atoms with E-state index in [0.717, 1.165) is 12.0 Å². The standard InChI is InChI=1S/C31H39NO8/c1-6-20-8-9-26(24(34)13-17(2)3)38-30(37)18(4)7-10-27(36)32-23-15-21(33)14-22-28-19(5)25(35)16-31(39-28,12-11-20)40-29(22)23/h7-9,13-15,19-20,24,26,28,33-34H,6,10-12,16H2,1-5H3,(H,32,36)/b9-8+,18-7+/t19-,20+,24+,26+,28+,31+/m1/s1. The number of Topliss-reactive ketones (excluding diaryl/α,β-unsaturated/α-hetero) is 1. The topological polar surface area (TPSA) is 131 Å². The second kappa shape index (κ2) is 12.0. The van der Waals surface area contributed by atoms with Crippen LogP contribution in [0.1, 0.15) is 78.4 Å². The van der Waals surface area contributed by atoms with Gasteiger partial charge in [-0.25, -0.2) is 4.79 Å². The lowest BCUT2D eigenvalue weighted by Crippen LogP contribution is -2.52. The Labute approximate surface area is 234 Å². The molecule has 0 aromatic heterocycles. The number of phenols is 1. The highest BCUT2D eigenvalue weighted by Gasteiger charge is 2.52. The van der Waals surface area contributed by atoms with E-state index in [1.807, 2.05) is 26.8 Å². The zero-order chi connectivity index (χ0) is 29.2. The van der Waals surface area contributed by atoms with Crippen molar-refractivity contribution in [2.75, 3.05) is 5.32 Å². The fourth-order valence-electron chi connectivity index (χ4n) is 5.32. The summed E-state index contributed by atoms with van der Waals surface area (Å²) >= 11 is 0. The number of esters is 1. The maximum atomic E-state index is 13.1. The highest BCUT2D eigenvalue weighted by atomic mass is 16.7. The third-order valence-corrected chi connectivity index (χ3v) is 7.71. The van der Waals surface area contributed by atoms with Crippen LogP contribution >= 0.6 is 0 Å². The summed E-state index contributed by atoms with van der Waals surface area (Å²) in [6.07, 6.45) is 5.73.